The summed E-state index contributed by atoms with van der Waals surface area (Å²) in [7, 11) is 0. The number of carbonyl (C=O) groups is 2. The predicted octanol–water partition coefficient (Wildman–Crippen LogP) is 4.46. The van der Waals surface area contributed by atoms with E-state index in [-0.39, 0.29) is 23.7 Å². The van der Waals surface area contributed by atoms with Crippen molar-refractivity contribution in [1.29, 1.82) is 0 Å². The molecule has 0 saturated carbocycles. The van der Waals surface area contributed by atoms with Gasteiger partial charge in [0.1, 0.15) is 5.82 Å². The minimum atomic E-state index is -0.626. The van der Waals surface area contributed by atoms with E-state index in [2.05, 4.69) is 5.32 Å². The van der Waals surface area contributed by atoms with Gasteiger partial charge in [0.2, 0.25) is 5.91 Å². The number of non-ortho nitro benzene ring substituents is 1. The Morgan fingerprint density at radius 2 is 1.84 bits per heavy atom. The molecule has 1 N–H and O–H groups in total. The maximum atomic E-state index is 13.5. The van der Waals surface area contributed by atoms with Crippen LogP contribution in [0.25, 0.3) is 0 Å². The van der Waals surface area contributed by atoms with Crippen LogP contribution in [0.3, 0.4) is 0 Å². The van der Waals surface area contributed by atoms with Gasteiger partial charge in [0.15, 0.2) is 0 Å². The standard InChI is InChI=1S/C23H18FN3O4/c24-17-10-8-15(9-11-17)21(26-14-16-4-1-2-7-20(16)23(26)29)13-22(28)25-18-5-3-6-19(12-18)27(30)31/h1-12,21H,13-14H2,(H,25,28)/t21-/m0/s1. The van der Waals surface area contributed by atoms with Gasteiger partial charge in [0.05, 0.1) is 17.4 Å². The molecule has 3 aromatic carbocycles. The fourth-order valence-corrected chi connectivity index (χ4v) is 3.71. The zero-order valence-corrected chi connectivity index (χ0v) is 16.3. The van der Waals surface area contributed by atoms with Gasteiger partial charge >= 0.3 is 0 Å². The molecular formula is C23H18FN3O4. The number of anilines is 1. The lowest BCUT2D eigenvalue weighted by molar-refractivity contribution is -0.384. The van der Waals surface area contributed by atoms with Crippen LogP contribution in [0.4, 0.5) is 15.8 Å². The SMILES string of the molecule is O=C(C[C@@H](c1ccc(F)cc1)N1Cc2ccccc2C1=O)Nc1cccc([N+](=O)[O-])c1. The quantitative estimate of drug-likeness (QED) is 0.472. The summed E-state index contributed by atoms with van der Waals surface area (Å²) in [6.07, 6.45) is -0.0892. The highest BCUT2D eigenvalue weighted by molar-refractivity contribution is 5.99. The third kappa shape index (κ3) is 4.28. The molecule has 1 atom stereocenters. The minimum Gasteiger partial charge on any atom is -0.327 e. The third-order valence-electron chi connectivity index (χ3n) is 5.20. The van der Waals surface area contributed by atoms with E-state index in [1.54, 1.807) is 35.2 Å². The number of carbonyl (C=O) groups excluding carboxylic acids is 2. The van der Waals surface area contributed by atoms with E-state index in [4.69, 9.17) is 0 Å². The Morgan fingerprint density at radius 3 is 2.55 bits per heavy atom. The lowest BCUT2D eigenvalue weighted by Gasteiger charge is -2.28. The van der Waals surface area contributed by atoms with Crippen molar-refractivity contribution in [2.75, 3.05) is 5.32 Å². The van der Waals surface area contributed by atoms with E-state index in [1.165, 1.54) is 30.3 Å². The summed E-state index contributed by atoms with van der Waals surface area (Å²) in [5.41, 5.74) is 2.20. The summed E-state index contributed by atoms with van der Waals surface area (Å²) in [6.45, 7) is 0.334. The number of rotatable bonds is 6. The lowest BCUT2D eigenvalue weighted by Crippen LogP contribution is -2.32. The molecule has 3 aromatic rings. The number of benzene rings is 3. The van der Waals surface area contributed by atoms with E-state index in [9.17, 15) is 24.1 Å². The Hall–Kier alpha value is -4.07. The lowest BCUT2D eigenvalue weighted by atomic mass is 10.0. The van der Waals surface area contributed by atoms with Crippen LogP contribution in [0.1, 0.15) is 33.9 Å². The van der Waals surface area contributed by atoms with E-state index < -0.39 is 22.7 Å². The Labute approximate surface area is 177 Å². The molecule has 1 aliphatic heterocycles. The summed E-state index contributed by atoms with van der Waals surface area (Å²) in [6, 6.07) is 17.9. The normalized spacial score (nSPS) is 13.6. The van der Waals surface area contributed by atoms with Crippen LogP contribution >= 0.6 is 0 Å². The molecule has 0 bridgehead atoms. The van der Waals surface area contributed by atoms with Crippen LogP contribution in [0, 0.1) is 15.9 Å². The van der Waals surface area contributed by atoms with Crippen LogP contribution in [0.2, 0.25) is 0 Å². The average Bonchev–Trinajstić information content (AvgIpc) is 3.09. The number of fused-ring (bicyclic) bond motifs is 1. The summed E-state index contributed by atoms with van der Waals surface area (Å²) < 4.78 is 13.5. The molecule has 0 spiro atoms. The zero-order valence-electron chi connectivity index (χ0n) is 16.3. The van der Waals surface area contributed by atoms with Crippen LogP contribution in [-0.2, 0) is 11.3 Å². The first-order chi connectivity index (χ1) is 14.9. The molecule has 1 heterocycles. The Balaban J connectivity index is 1.59. The summed E-state index contributed by atoms with van der Waals surface area (Å²) in [5, 5.41) is 13.6. The minimum absolute atomic E-state index is 0.0892. The molecule has 0 saturated heterocycles. The van der Waals surface area contributed by atoms with Crippen molar-refractivity contribution in [3.05, 3.63) is 105 Å². The Morgan fingerprint density at radius 1 is 1.10 bits per heavy atom. The molecule has 156 valence electrons. The Bertz CT molecular complexity index is 1160. The van der Waals surface area contributed by atoms with E-state index in [0.717, 1.165) is 5.56 Å². The topological polar surface area (TPSA) is 92.6 Å². The van der Waals surface area contributed by atoms with Gasteiger partial charge in [0, 0.05) is 29.9 Å². The van der Waals surface area contributed by atoms with Crippen molar-refractivity contribution >= 4 is 23.2 Å². The fourth-order valence-electron chi connectivity index (χ4n) is 3.71. The molecule has 0 aliphatic carbocycles. The van der Waals surface area contributed by atoms with Crippen molar-refractivity contribution in [3.63, 3.8) is 0 Å². The van der Waals surface area contributed by atoms with Gasteiger partial charge in [-0.25, -0.2) is 4.39 Å². The van der Waals surface area contributed by atoms with Crippen molar-refractivity contribution in [2.24, 2.45) is 0 Å². The van der Waals surface area contributed by atoms with Crippen LogP contribution in [0.15, 0.2) is 72.8 Å². The van der Waals surface area contributed by atoms with Gasteiger partial charge in [0.25, 0.3) is 11.6 Å². The number of hydrogen-bond donors (Lipinski definition) is 1. The highest BCUT2D eigenvalue weighted by atomic mass is 19.1. The molecule has 1 aliphatic rings. The summed E-state index contributed by atoms with van der Waals surface area (Å²) >= 11 is 0. The molecule has 8 heteroatoms. The van der Waals surface area contributed by atoms with Crippen molar-refractivity contribution in [1.82, 2.24) is 4.90 Å². The largest absolute Gasteiger partial charge is 0.327 e. The summed E-state index contributed by atoms with van der Waals surface area (Å²) in [4.78, 5) is 37.8. The second-order valence-corrected chi connectivity index (χ2v) is 7.22. The maximum absolute atomic E-state index is 13.5. The first kappa shape index (κ1) is 20.2. The average molecular weight is 419 g/mol. The first-order valence-electron chi connectivity index (χ1n) is 9.61. The predicted molar refractivity (Wildman–Crippen MR) is 112 cm³/mol. The molecular weight excluding hydrogens is 401 g/mol. The molecule has 0 aromatic heterocycles. The number of nitrogens with zero attached hydrogens (tertiary/aromatic N) is 2. The first-order valence-corrected chi connectivity index (χ1v) is 9.61. The fraction of sp³-hybridized carbons (Fsp3) is 0.130. The molecule has 0 fully saturated rings. The number of nitro groups is 1. The second-order valence-electron chi connectivity index (χ2n) is 7.22. The smallest absolute Gasteiger partial charge is 0.271 e. The number of nitro benzene ring substituents is 1. The maximum Gasteiger partial charge on any atom is 0.271 e. The van der Waals surface area contributed by atoms with E-state index >= 15 is 0 Å². The van der Waals surface area contributed by atoms with Gasteiger partial charge in [-0.1, -0.05) is 36.4 Å². The van der Waals surface area contributed by atoms with E-state index in [1.807, 2.05) is 12.1 Å². The Kier molecular flexibility index (Phi) is 5.44. The van der Waals surface area contributed by atoms with Crippen molar-refractivity contribution < 1.29 is 18.9 Å². The van der Waals surface area contributed by atoms with Crippen LogP contribution in [-0.4, -0.2) is 21.6 Å². The second kappa shape index (κ2) is 8.35. The summed E-state index contributed by atoms with van der Waals surface area (Å²) in [5.74, 6) is -1.04. The molecule has 4 rings (SSSR count). The number of hydrogen-bond acceptors (Lipinski definition) is 4. The number of halogens is 1. The zero-order chi connectivity index (χ0) is 22.0. The van der Waals surface area contributed by atoms with Crippen LogP contribution < -0.4 is 5.32 Å². The molecule has 7 nitrogen and oxygen atoms in total. The van der Waals surface area contributed by atoms with Crippen molar-refractivity contribution in [2.45, 2.75) is 19.0 Å². The van der Waals surface area contributed by atoms with Gasteiger partial charge in [-0.2, -0.15) is 0 Å². The van der Waals surface area contributed by atoms with Gasteiger partial charge < -0.3 is 10.2 Å². The van der Waals surface area contributed by atoms with Crippen LogP contribution in [0.5, 0.6) is 0 Å². The monoisotopic (exact) mass is 419 g/mol. The van der Waals surface area contributed by atoms with Gasteiger partial charge in [-0.05, 0) is 35.4 Å². The third-order valence-corrected chi connectivity index (χ3v) is 5.20. The highest BCUT2D eigenvalue weighted by Gasteiger charge is 2.34. The molecule has 2 amide bonds. The molecule has 0 radical (unpaired) electrons. The highest BCUT2D eigenvalue weighted by Crippen LogP contribution is 2.34. The molecule has 31 heavy (non-hydrogen) atoms. The number of amides is 2. The molecule has 0 unspecified atom stereocenters. The van der Waals surface area contributed by atoms with E-state index in [0.29, 0.717) is 17.7 Å². The van der Waals surface area contributed by atoms with Gasteiger partial charge in [-0.15, -0.1) is 0 Å². The number of nitrogens with one attached hydrogen (secondary N) is 1. The van der Waals surface area contributed by atoms with Crippen molar-refractivity contribution in [3.8, 4) is 0 Å². The van der Waals surface area contributed by atoms with Gasteiger partial charge in [-0.3, -0.25) is 19.7 Å².